The van der Waals surface area contributed by atoms with E-state index < -0.39 is 11.4 Å². The molecular formula is C25H27FN6O. The fourth-order valence-electron chi connectivity index (χ4n) is 5.41. The molecule has 0 radical (unpaired) electrons. The Morgan fingerprint density at radius 1 is 1.18 bits per heavy atom. The van der Waals surface area contributed by atoms with Crippen molar-refractivity contribution in [2.75, 3.05) is 37.7 Å². The maximum absolute atomic E-state index is 14.7. The molecule has 6 rings (SSSR count). The summed E-state index contributed by atoms with van der Waals surface area (Å²) in [6.07, 6.45) is 4.63. The lowest BCUT2D eigenvalue weighted by Gasteiger charge is -2.46. The number of anilines is 1. The summed E-state index contributed by atoms with van der Waals surface area (Å²) < 4.78 is 21.8. The molecule has 7 nitrogen and oxygen atoms in total. The highest BCUT2D eigenvalue weighted by Gasteiger charge is 2.39. The van der Waals surface area contributed by atoms with Crippen molar-refractivity contribution >= 4 is 16.7 Å². The average Bonchev–Trinajstić information content (AvgIpc) is 3.16. The molecule has 0 amide bonds. The molecule has 170 valence electrons. The molecule has 1 atom stereocenters. The predicted octanol–water partition coefficient (Wildman–Crippen LogP) is 3.41. The Hall–Kier alpha value is -3.02. The van der Waals surface area contributed by atoms with E-state index in [9.17, 15) is 9.65 Å². The number of hydrogen-bond acceptors (Lipinski definition) is 6. The second kappa shape index (κ2) is 7.79. The van der Waals surface area contributed by atoms with Gasteiger partial charge >= 0.3 is 0 Å². The minimum Gasteiger partial charge on any atom is -0.378 e. The van der Waals surface area contributed by atoms with E-state index in [1.807, 2.05) is 24.3 Å². The third kappa shape index (κ3) is 3.38. The Balaban J connectivity index is 1.33. The number of rotatable bonds is 4. The van der Waals surface area contributed by atoms with E-state index in [2.05, 4.69) is 32.9 Å². The summed E-state index contributed by atoms with van der Waals surface area (Å²) in [6.45, 7) is 6.31. The first-order valence-electron chi connectivity index (χ1n) is 11.7. The topological polar surface area (TPSA) is 70.2 Å². The molecule has 1 saturated carbocycles. The van der Waals surface area contributed by atoms with E-state index in [0.29, 0.717) is 23.6 Å². The van der Waals surface area contributed by atoms with Crippen molar-refractivity contribution in [3.05, 3.63) is 48.0 Å². The summed E-state index contributed by atoms with van der Waals surface area (Å²) in [5.41, 5.74) is 2.14. The van der Waals surface area contributed by atoms with Gasteiger partial charge in [0.2, 0.25) is 5.95 Å². The van der Waals surface area contributed by atoms with E-state index in [4.69, 9.17) is 4.74 Å². The summed E-state index contributed by atoms with van der Waals surface area (Å²) in [5.74, 6) is 0.117. The normalized spacial score (nSPS) is 23.2. The Morgan fingerprint density at radius 2 is 2.03 bits per heavy atom. The lowest BCUT2D eigenvalue weighted by molar-refractivity contribution is -0.0793. The Labute approximate surface area is 192 Å². The summed E-state index contributed by atoms with van der Waals surface area (Å²) in [7, 11) is 0. The van der Waals surface area contributed by atoms with Crippen LogP contribution in [0.1, 0.15) is 31.7 Å². The van der Waals surface area contributed by atoms with Crippen molar-refractivity contribution in [1.29, 1.82) is 5.26 Å². The number of piperazine rings is 1. The zero-order chi connectivity index (χ0) is 22.6. The van der Waals surface area contributed by atoms with Crippen LogP contribution >= 0.6 is 0 Å². The van der Waals surface area contributed by atoms with Crippen LogP contribution in [-0.4, -0.2) is 64.6 Å². The SMILES string of the molecule is C[C@H]1CN(c2cc(-n3ncc4ccc(C5(C#N)CCC5)cc43)cc(F)n2)CCN1C1COC1. The Morgan fingerprint density at radius 3 is 2.70 bits per heavy atom. The maximum Gasteiger partial charge on any atom is 0.216 e. The lowest BCUT2D eigenvalue weighted by Crippen LogP contribution is -2.60. The summed E-state index contributed by atoms with van der Waals surface area (Å²) in [5, 5.41) is 15.3. The van der Waals surface area contributed by atoms with Gasteiger partial charge in [0, 0.05) is 43.2 Å². The van der Waals surface area contributed by atoms with Gasteiger partial charge in [-0.1, -0.05) is 12.1 Å². The van der Waals surface area contributed by atoms with Crippen molar-refractivity contribution in [2.24, 2.45) is 0 Å². The lowest BCUT2D eigenvalue weighted by atomic mass is 9.65. The molecule has 3 aliphatic rings. The third-order valence-corrected chi connectivity index (χ3v) is 7.65. The number of benzene rings is 1. The standard InChI is InChI=1S/C25H27FN6O/c1-17-13-30(7-8-31(17)21-14-33-15-21)24-11-20(10-23(26)29-24)32-22-9-19(4-3-18(22)12-28-32)25(16-27)5-2-6-25/h3-4,9-12,17,21H,2,5-8,13-15H2,1H3/t17-/m0/s1. The van der Waals surface area contributed by atoms with Crippen molar-refractivity contribution < 1.29 is 9.13 Å². The van der Waals surface area contributed by atoms with Crippen LogP contribution < -0.4 is 4.90 Å². The summed E-state index contributed by atoms with van der Waals surface area (Å²) in [4.78, 5) is 8.85. The van der Waals surface area contributed by atoms with Crippen LogP contribution in [0.3, 0.4) is 0 Å². The van der Waals surface area contributed by atoms with Gasteiger partial charge in [-0.05, 0) is 37.8 Å². The fourth-order valence-corrected chi connectivity index (χ4v) is 5.41. The second-order valence-corrected chi connectivity index (χ2v) is 9.61. The van der Waals surface area contributed by atoms with E-state index in [0.717, 1.165) is 68.6 Å². The molecule has 0 N–H and O–H groups in total. The highest BCUT2D eigenvalue weighted by atomic mass is 19.1. The van der Waals surface area contributed by atoms with Crippen LogP contribution in [-0.2, 0) is 10.2 Å². The average molecular weight is 447 g/mol. The van der Waals surface area contributed by atoms with Crippen LogP contribution in [0.4, 0.5) is 10.2 Å². The molecular weight excluding hydrogens is 419 g/mol. The van der Waals surface area contributed by atoms with Gasteiger partial charge in [0.15, 0.2) is 0 Å². The number of nitrogens with zero attached hydrogens (tertiary/aromatic N) is 6. The van der Waals surface area contributed by atoms with Crippen molar-refractivity contribution in [3.8, 4) is 11.8 Å². The monoisotopic (exact) mass is 446 g/mol. The Bertz CT molecular complexity index is 1240. The molecule has 8 heteroatoms. The molecule has 2 aliphatic heterocycles. The summed E-state index contributed by atoms with van der Waals surface area (Å²) in [6, 6.07) is 12.8. The first-order chi connectivity index (χ1) is 16.1. The minimum atomic E-state index is -0.516. The van der Waals surface area contributed by atoms with Crippen LogP contribution in [0.25, 0.3) is 16.6 Å². The van der Waals surface area contributed by atoms with Crippen LogP contribution in [0, 0.1) is 17.3 Å². The van der Waals surface area contributed by atoms with Gasteiger partial charge in [-0.2, -0.15) is 14.8 Å². The summed E-state index contributed by atoms with van der Waals surface area (Å²) >= 11 is 0. The van der Waals surface area contributed by atoms with E-state index >= 15 is 0 Å². The smallest absolute Gasteiger partial charge is 0.216 e. The molecule has 33 heavy (non-hydrogen) atoms. The second-order valence-electron chi connectivity index (χ2n) is 9.61. The van der Waals surface area contributed by atoms with Gasteiger partial charge in [0.05, 0.1) is 48.1 Å². The van der Waals surface area contributed by atoms with Crippen molar-refractivity contribution in [2.45, 2.75) is 43.7 Å². The molecule has 0 spiro atoms. The Kier molecular flexibility index (Phi) is 4.86. The number of ether oxygens (including phenoxy) is 1. The largest absolute Gasteiger partial charge is 0.378 e. The zero-order valence-electron chi connectivity index (χ0n) is 18.7. The van der Waals surface area contributed by atoms with Crippen LogP contribution in [0.5, 0.6) is 0 Å². The predicted molar refractivity (Wildman–Crippen MR) is 123 cm³/mol. The van der Waals surface area contributed by atoms with Gasteiger partial charge in [-0.25, -0.2) is 9.67 Å². The number of hydrogen-bond donors (Lipinski definition) is 0. The molecule has 0 unspecified atom stereocenters. The third-order valence-electron chi connectivity index (χ3n) is 7.65. The number of aromatic nitrogens is 3. The molecule has 2 saturated heterocycles. The maximum atomic E-state index is 14.7. The van der Waals surface area contributed by atoms with Gasteiger partial charge in [0.1, 0.15) is 5.82 Å². The van der Waals surface area contributed by atoms with Crippen molar-refractivity contribution in [1.82, 2.24) is 19.7 Å². The highest BCUT2D eigenvalue weighted by molar-refractivity contribution is 5.81. The van der Waals surface area contributed by atoms with Gasteiger partial charge in [-0.3, -0.25) is 4.90 Å². The first kappa shape index (κ1) is 20.6. The molecule has 1 aliphatic carbocycles. The van der Waals surface area contributed by atoms with E-state index in [1.54, 1.807) is 10.9 Å². The molecule has 1 aromatic carbocycles. The number of nitriles is 1. The number of fused-ring (bicyclic) bond motifs is 1. The van der Waals surface area contributed by atoms with Gasteiger partial charge in [0.25, 0.3) is 0 Å². The highest BCUT2D eigenvalue weighted by Crippen LogP contribution is 2.44. The first-order valence-corrected chi connectivity index (χ1v) is 11.7. The van der Waals surface area contributed by atoms with Crippen LogP contribution in [0.2, 0.25) is 0 Å². The molecule has 2 aromatic heterocycles. The van der Waals surface area contributed by atoms with Gasteiger partial charge < -0.3 is 9.64 Å². The number of halogens is 1. The van der Waals surface area contributed by atoms with Gasteiger partial charge in [-0.15, -0.1) is 0 Å². The molecule has 3 aromatic rings. The fraction of sp³-hybridized carbons (Fsp3) is 0.480. The van der Waals surface area contributed by atoms with E-state index in [1.165, 1.54) is 6.07 Å². The quantitative estimate of drug-likeness (QED) is 0.572. The molecule has 3 fully saturated rings. The molecule has 0 bridgehead atoms. The van der Waals surface area contributed by atoms with Crippen LogP contribution in [0.15, 0.2) is 36.5 Å². The minimum absolute atomic E-state index is 0.346. The van der Waals surface area contributed by atoms with E-state index in [-0.39, 0.29) is 0 Å². The molecule has 4 heterocycles. The number of pyridine rings is 1. The zero-order valence-corrected chi connectivity index (χ0v) is 18.7. The van der Waals surface area contributed by atoms with Crippen molar-refractivity contribution in [3.63, 3.8) is 0 Å².